The molecule has 0 bridgehead atoms. The number of carbonyl (C=O) groups is 1. The first-order valence-corrected chi connectivity index (χ1v) is 11.2. The molecule has 0 atom stereocenters. The van der Waals surface area contributed by atoms with Crippen molar-refractivity contribution in [2.75, 3.05) is 0 Å². The van der Waals surface area contributed by atoms with Gasteiger partial charge in [-0.25, -0.2) is 14.7 Å². The van der Waals surface area contributed by atoms with Crippen molar-refractivity contribution in [3.05, 3.63) is 89.3 Å². The number of hydrogen-bond donors (Lipinski definition) is 0. The van der Waals surface area contributed by atoms with Crippen LogP contribution < -0.4 is 5.49 Å². The Bertz CT molecular complexity index is 1350. The zero-order chi connectivity index (χ0) is 26.3. The number of rotatable bonds is 6. The van der Waals surface area contributed by atoms with Crippen LogP contribution in [0.4, 0.5) is 13.2 Å². The van der Waals surface area contributed by atoms with Crippen molar-refractivity contribution in [1.29, 1.82) is 0 Å². The van der Waals surface area contributed by atoms with Gasteiger partial charge in [-0.05, 0) is 29.3 Å². The zero-order valence-electron chi connectivity index (χ0n) is 19.7. The maximum Gasteiger partial charge on any atom is 0.433 e. The van der Waals surface area contributed by atoms with Crippen molar-refractivity contribution >= 4 is 18.0 Å². The van der Waals surface area contributed by atoms with Crippen LogP contribution in [0.5, 0.6) is 0 Å². The number of benzene rings is 1. The Morgan fingerprint density at radius 1 is 1.11 bits per heavy atom. The Hall–Kier alpha value is -3.99. The minimum atomic E-state index is -4.55. The fourth-order valence-electron chi connectivity index (χ4n) is 3.22. The van der Waals surface area contributed by atoms with Gasteiger partial charge in [0, 0.05) is 36.2 Å². The van der Waals surface area contributed by atoms with E-state index in [0.717, 1.165) is 22.8 Å². The van der Waals surface area contributed by atoms with Gasteiger partial charge in [-0.3, -0.25) is 9.78 Å². The van der Waals surface area contributed by atoms with Crippen LogP contribution in [0.2, 0.25) is 5.02 Å². The van der Waals surface area contributed by atoms with Crippen molar-refractivity contribution < 1.29 is 18.0 Å². The Labute approximate surface area is 210 Å². The Morgan fingerprint density at radius 2 is 1.83 bits per heavy atom. The molecule has 3 heterocycles. The van der Waals surface area contributed by atoms with E-state index in [2.05, 4.69) is 20.2 Å². The van der Waals surface area contributed by atoms with Crippen LogP contribution >= 0.6 is 11.6 Å². The number of aromatic nitrogens is 5. The number of carbonyl (C=O) groups excluding carboxylic acids is 1. The number of alkyl halides is 3. The number of nitrogens with zero attached hydrogens (tertiary/aromatic N) is 7. The van der Waals surface area contributed by atoms with Gasteiger partial charge in [-0.2, -0.15) is 18.3 Å². The summed E-state index contributed by atoms with van der Waals surface area (Å²) in [5.74, 6) is 0. The topological polar surface area (TPSA) is 81.2 Å². The number of imidazole rings is 1. The van der Waals surface area contributed by atoms with Crippen LogP contribution in [0, 0.1) is 0 Å². The van der Waals surface area contributed by atoms with Crippen LogP contribution in [0.3, 0.4) is 0 Å². The van der Waals surface area contributed by atoms with E-state index in [-0.39, 0.29) is 6.54 Å². The second-order valence-electron chi connectivity index (χ2n) is 7.18. The number of amides is 1. The van der Waals surface area contributed by atoms with Crippen molar-refractivity contribution in [1.82, 2.24) is 29.3 Å². The SMILES string of the molecule is CC.Cn1ncc(-c2ccc(Cl)cc2)c(-n2ccnc2)/c1=N/N(C=O)Cc1ccc(C(F)(F)F)nc1. The lowest BCUT2D eigenvalue weighted by Crippen LogP contribution is -2.30. The van der Waals surface area contributed by atoms with Crippen LogP contribution in [-0.2, 0) is 24.6 Å². The molecule has 0 aliphatic rings. The summed E-state index contributed by atoms with van der Waals surface area (Å²) < 4.78 is 41.6. The third kappa shape index (κ3) is 6.16. The molecule has 0 N–H and O–H groups in total. The molecule has 0 aliphatic carbocycles. The summed E-state index contributed by atoms with van der Waals surface area (Å²) in [6.45, 7) is 3.91. The number of hydrogen-bond acceptors (Lipinski definition) is 5. The molecule has 0 radical (unpaired) electrons. The van der Waals surface area contributed by atoms with Crippen molar-refractivity contribution in [2.24, 2.45) is 12.1 Å². The molecule has 1 amide bonds. The van der Waals surface area contributed by atoms with Crippen LogP contribution in [0.25, 0.3) is 16.8 Å². The zero-order valence-corrected chi connectivity index (χ0v) is 20.4. The summed E-state index contributed by atoms with van der Waals surface area (Å²) in [6.07, 6.45) is 3.55. The highest BCUT2D eigenvalue weighted by Gasteiger charge is 2.32. The van der Waals surface area contributed by atoms with Gasteiger partial charge in [0.15, 0.2) is 5.49 Å². The molecule has 12 heteroatoms. The summed E-state index contributed by atoms with van der Waals surface area (Å²) >= 11 is 6.03. The fourth-order valence-corrected chi connectivity index (χ4v) is 3.35. The second-order valence-corrected chi connectivity index (χ2v) is 7.62. The molecule has 0 saturated heterocycles. The molecule has 36 heavy (non-hydrogen) atoms. The third-order valence-corrected chi connectivity index (χ3v) is 5.11. The highest BCUT2D eigenvalue weighted by atomic mass is 35.5. The lowest BCUT2D eigenvalue weighted by atomic mass is 10.1. The van der Waals surface area contributed by atoms with Gasteiger partial charge in [-0.1, -0.05) is 43.6 Å². The summed E-state index contributed by atoms with van der Waals surface area (Å²) in [6, 6.07) is 9.25. The Morgan fingerprint density at radius 3 is 2.39 bits per heavy atom. The van der Waals surface area contributed by atoms with Crippen molar-refractivity contribution in [2.45, 2.75) is 26.6 Å². The minimum absolute atomic E-state index is 0.0941. The first-order valence-electron chi connectivity index (χ1n) is 10.9. The quantitative estimate of drug-likeness (QED) is 0.271. The summed E-state index contributed by atoms with van der Waals surface area (Å²) in [5, 5.41) is 10.4. The minimum Gasteiger partial charge on any atom is -0.302 e. The summed E-state index contributed by atoms with van der Waals surface area (Å²) in [4.78, 5) is 19.3. The predicted molar refractivity (Wildman–Crippen MR) is 129 cm³/mol. The van der Waals surface area contributed by atoms with E-state index in [4.69, 9.17) is 11.6 Å². The Balaban J connectivity index is 0.00000176. The van der Waals surface area contributed by atoms with E-state index in [1.807, 2.05) is 26.0 Å². The van der Waals surface area contributed by atoms with Gasteiger partial charge >= 0.3 is 6.18 Å². The summed E-state index contributed by atoms with van der Waals surface area (Å²) in [7, 11) is 1.66. The van der Waals surface area contributed by atoms with Crippen LogP contribution in [-0.4, -0.2) is 35.7 Å². The van der Waals surface area contributed by atoms with E-state index in [1.54, 1.807) is 48.7 Å². The molecule has 0 saturated carbocycles. The molecule has 0 spiro atoms. The first-order chi connectivity index (χ1) is 17.3. The number of pyridine rings is 1. The highest BCUT2D eigenvalue weighted by Crippen LogP contribution is 2.27. The average Bonchev–Trinajstić information content (AvgIpc) is 3.41. The van der Waals surface area contributed by atoms with Crippen molar-refractivity contribution in [3.63, 3.8) is 0 Å². The van der Waals surface area contributed by atoms with E-state index in [1.165, 1.54) is 10.7 Å². The average molecular weight is 518 g/mol. The maximum atomic E-state index is 12.8. The molecule has 0 unspecified atom stereocenters. The normalized spacial score (nSPS) is 11.6. The molecule has 0 aliphatic heterocycles. The van der Waals surface area contributed by atoms with E-state index in [9.17, 15) is 18.0 Å². The molecular weight excluding hydrogens is 495 g/mol. The van der Waals surface area contributed by atoms with Gasteiger partial charge in [0.2, 0.25) is 6.41 Å². The molecule has 0 fully saturated rings. The van der Waals surface area contributed by atoms with Crippen LogP contribution in [0.15, 0.2) is 72.6 Å². The molecule has 4 rings (SSSR count). The monoisotopic (exact) mass is 517 g/mol. The van der Waals surface area contributed by atoms with Gasteiger partial charge in [-0.15, -0.1) is 5.10 Å². The van der Waals surface area contributed by atoms with Crippen LogP contribution in [0.1, 0.15) is 25.1 Å². The maximum absolute atomic E-state index is 12.8. The second kappa shape index (κ2) is 11.6. The van der Waals surface area contributed by atoms with Gasteiger partial charge in [0.1, 0.15) is 11.4 Å². The number of halogens is 4. The molecular formula is C24H23ClF3N7O. The van der Waals surface area contributed by atoms with Gasteiger partial charge in [0.05, 0.1) is 19.1 Å². The lowest BCUT2D eigenvalue weighted by Gasteiger charge is -2.16. The molecule has 4 aromatic rings. The van der Waals surface area contributed by atoms with Crippen molar-refractivity contribution in [3.8, 4) is 16.8 Å². The standard InChI is InChI=1S/C22H17ClF3N7O.C2H6/c1-31-21(30-33(14-34)12-15-2-7-19(28-10-15)22(24,25)26)20(32-9-8-27-13-32)18(11-29-31)16-3-5-17(23)6-4-16;1-2/h2-11,13-14H,12H2,1H3;1-2H3/b30-21-;. The molecule has 8 nitrogen and oxygen atoms in total. The third-order valence-electron chi connectivity index (χ3n) is 4.86. The van der Waals surface area contributed by atoms with Gasteiger partial charge in [0.25, 0.3) is 0 Å². The fraction of sp³-hybridized carbons (Fsp3) is 0.208. The molecule has 3 aromatic heterocycles. The Kier molecular flexibility index (Phi) is 8.59. The first kappa shape index (κ1) is 26.6. The predicted octanol–water partition coefficient (Wildman–Crippen LogP) is 4.84. The van der Waals surface area contributed by atoms with E-state index in [0.29, 0.717) is 33.7 Å². The van der Waals surface area contributed by atoms with E-state index < -0.39 is 11.9 Å². The molecule has 188 valence electrons. The molecule has 1 aromatic carbocycles. The van der Waals surface area contributed by atoms with E-state index >= 15 is 0 Å². The largest absolute Gasteiger partial charge is 0.433 e. The highest BCUT2D eigenvalue weighted by molar-refractivity contribution is 6.30. The number of aryl methyl sites for hydroxylation is 1. The lowest BCUT2D eigenvalue weighted by molar-refractivity contribution is -0.141. The summed E-state index contributed by atoms with van der Waals surface area (Å²) in [5.41, 5.74) is 1.78. The smallest absolute Gasteiger partial charge is 0.302 e. The van der Waals surface area contributed by atoms with Gasteiger partial charge < -0.3 is 4.57 Å².